The molecule has 3 amide bonds. The van der Waals surface area contributed by atoms with Crippen LogP contribution in [-0.2, 0) is 4.79 Å². The second kappa shape index (κ2) is 5.97. The van der Waals surface area contributed by atoms with Crippen molar-refractivity contribution in [3.05, 3.63) is 35.4 Å². The molecule has 0 spiro atoms. The Morgan fingerprint density at radius 3 is 2.52 bits per heavy atom. The lowest BCUT2D eigenvalue weighted by atomic mass is 10.1. The zero-order valence-electron chi connectivity index (χ0n) is 14.0. The third kappa shape index (κ3) is 3.19. The molecule has 2 aliphatic carbocycles. The van der Waals surface area contributed by atoms with Crippen molar-refractivity contribution in [2.45, 2.75) is 50.2 Å². The van der Waals surface area contributed by atoms with Crippen molar-refractivity contribution >= 4 is 11.9 Å². The van der Waals surface area contributed by atoms with Crippen molar-refractivity contribution in [2.75, 3.05) is 6.54 Å². The molecule has 0 aromatic heterocycles. The first-order valence-corrected chi connectivity index (χ1v) is 8.74. The highest BCUT2D eigenvalue weighted by molar-refractivity contribution is 5.82. The number of carbonyl (C=O) groups is 2. The molecule has 0 unspecified atom stereocenters. The zero-order valence-corrected chi connectivity index (χ0v) is 14.0. The van der Waals surface area contributed by atoms with Gasteiger partial charge < -0.3 is 15.5 Å². The molecule has 5 nitrogen and oxygen atoms in total. The predicted molar refractivity (Wildman–Crippen MR) is 86.9 cm³/mol. The van der Waals surface area contributed by atoms with Crippen LogP contribution in [0.5, 0.6) is 0 Å². The van der Waals surface area contributed by atoms with Gasteiger partial charge in [0.25, 0.3) is 0 Å². The molecule has 2 saturated carbocycles. The molecule has 0 bridgehead atoms. The van der Waals surface area contributed by atoms with Crippen LogP contribution in [0.25, 0.3) is 0 Å². The number of carbonyl (C=O) groups excluding carboxylic acids is 2. The second-order valence-corrected chi connectivity index (χ2v) is 7.43. The van der Waals surface area contributed by atoms with Gasteiger partial charge in [0.15, 0.2) is 0 Å². The summed E-state index contributed by atoms with van der Waals surface area (Å²) in [5.41, 5.74) is 0.0396. The summed E-state index contributed by atoms with van der Waals surface area (Å²) in [7, 11) is 0. The largest absolute Gasteiger partial charge is 0.337 e. The van der Waals surface area contributed by atoms with Crippen LogP contribution in [0.4, 0.5) is 13.6 Å². The number of hydrogen-bond acceptors (Lipinski definition) is 2. The molecule has 3 fully saturated rings. The quantitative estimate of drug-likeness (QED) is 0.875. The number of benzene rings is 1. The Bertz CT molecular complexity index is 706. The van der Waals surface area contributed by atoms with Crippen molar-refractivity contribution in [2.24, 2.45) is 5.92 Å². The summed E-state index contributed by atoms with van der Waals surface area (Å²) in [6, 6.07) is 3.24. The van der Waals surface area contributed by atoms with E-state index >= 15 is 0 Å². The molecule has 3 aliphatic rings. The van der Waals surface area contributed by atoms with Crippen molar-refractivity contribution in [1.29, 1.82) is 0 Å². The minimum absolute atomic E-state index is 0.0396. The topological polar surface area (TPSA) is 61.4 Å². The first kappa shape index (κ1) is 16.3. The summed E-state index contributed by atoms with van der Waals surface area (Å²) < 4.78 is 27.5. The number of nitrogens with one attached hydrogen (secondary N) is 2. The standard InChI is InChI=1S/C18H21F2N3O2/c1-9-5-15(9)23-8-10(6-16(23)24)21-18(25)22-14-7-11(14)17-12(19)3-2-4-13(17)20/h2-4,9-11,14-15H,5-8H2,1H3,(H2,21,22,25)/t9-,10-,11-,14+,15+/m1/s1. The fraction of sp³-hybridized carbons (Fsp3) is 0.556. The number of nitrogens with zero attached hydrogens (tertiary/aromatic N) is 1. The van der Waals surface area contributed by atoms with Crippen LogP contribution in [-0.4, -0.2) is 41.5 Å². The summed E-state index contributed by atoms with van der Waals surface area (Å²) in [6.07, 6.45) is 1.86. The van der Waals surface area contributed by atoms with E-state index in [1.807, 2.05) is 4.90 Å². The van der Waals surface area contributed by atoms with Gasteiger partial charge in [-0.1, -0.05) is 13.0 Å². The van der Waals surface area contributed by atoms with E-state index in [1.165, 1.54) is 18.2 Å². The lowest BCUT2D eigenvalue weighted by Gasteiger charge is -2.17. The minimum atomic E-state index is -0.578. The maximum absolute atomic E-state index is 13.8. The lowest BCUT2D eigenvalue weighted by molar-refractivity contribution is -0.128. The van der Waals surface area contributed by atoms with E-state index in [0.29, 0.717) is 31.3 Å². The zero-order chi connectivity index (χ0) is 17.7. The number of rotatable bonds is 4. The molecule has 1 heterocycles. The number of likely N-dealkylation sites (tertiary alicyclic amines) is 1. The highest BCUT2D eigenvalue weighted by atomic mass is 19.1. The van der Waals surface area contributed by atoms with Gasteiger partial charge in [0, 0.05) is 36.5 Å². The van der Waals surface area contributed by atoms with Crippen LogP contribution in [0.2, 0.25) is 0 Å². The summed E-state index contributed by atoms with van der Waals surface area (Å²) in [4.78, 5) is 26.0. The molecule has 1 aliphatic heterocycles. The Kier molecular flexibility index (Phi) is 3.89. The molecule has 4 rings (SSSR count). The van der Waals surface area contributed by atoms with Crippen LogP contribution in [0.3, 0.4) is 0 Å². The Hall–Kier alpha value is -2.18. The molecule has 134 valence electrons. The highest BCUT2D eigenvalue weighted by Gasteiger charge is 2.46. The Morgan fingerprint density at radius 2 is 1.88 bits per heavy atom. The molecule has 2 N–H and O–H groups in total. The summed E-state index contributed by atoms with van der Waals surface area (Å²) in [6.45, 7) is 2.65. The van der Waals surface area contributed by atoms with E-state index in [4.69, 9.17) is 0 Å². The van der Waals surface area contributed by atoms with Crippen LogP contribution in [0, 0.1) is 17.6 Å². The molecule has 0 radical (unpaired) electrons. The Balaban J connectivity index is 1.29. The summed E-state index contributed by atoms with van der Waals surface area (Å²) in [5.74, 6) is -0.867. The van der Waals surface area contributed by atoms with Gasteiger partial charge in [-0.25, -0.2) is 13.6 Å². The molecule has 1 aromatic carbocycles. The van der Waals surface area contributed by atoms with Gasteiger partial charge in [-0.2, -0.15) is 0 Å². The van der Waals surface area contributed by atoms with Crippen molar-refractivity contribution in [1.82, 2.24) is 15.5 Å². The second-order valence-electron chi connectivity index (χ2n) is 7.43. The van der Waals surface area contributed by atoms with Crippen molar-refractivity contribution in [3.63, 3.8) is 0 Å². The van der Waals surface area contributed by atoms with E-state index in [2.05, 4.69) is 17.6 Å². The molecule has 25 heavy (non-hydrogen) atoms. The maximum Gasteiger partial charge on any atom is 0.315 e. The van der Waals surface area contributed by atoms with Gasteiger partial charge in [-0.05, 0) is 30.9 Å². The molecule has 5 atom stereocenters. The van der Waals surface area contributed by atoms with Crippen LogP contribution in [0.15, 0.2) is 18.2 Å². The van der Waals surface area contributed by atoms with Gasteiger partial charge in [0.1, 0.15) is 11.6 Å². The van der Waals surface area contributed by atoms with E-state index in [1.54, 1.807) is 0 Å². The number of halogens is 2. The fourth-order valence-electron chi connectivity index (χ4n) is 3.82. The van der Waals surface area contributed by atoms with E-state index in [-0.39, 0.29) is 35.5 Å². The summed E-state index contributed by atoms with van der Waals surface area (Å²) >= 11 is 0. The highest BCUT2D eigenvalue weighted by Crippen LogP contribution is 2.43. The number of hydrogen-bond donors (Lipinski definition) is 2. The lowest BCUT2D eigenvalue weighted by Crippen LogP contribution is -2.44. The molecular weight excluding hydrogens is 328 g/mol. The third-order valence-corrected chi connectivity index (χ3v) is 5.44. The monoisotopic (exact) mass is 349 g/mol. The van der Waals surface area contributed by atoms with Gasteiger partial charge in [0.05, 0.1) is 6.04 Å². The maximum atomic E-state index is 13.8. The minimum Gasteiger partial charge on any atom is -0.337 e. The molecule has 1 saturated heterocycles. The van der Waals surface area contributed by atoms with Gasteiger partial charge >= 0.3 is 6.03 Å². The number of urea groups is 1. The van der Waals surface area contributed by atoms with Gasteiger partial charge in [-0.3, -0.25) is 4.79 Å². The predicted octanol–water partition coefficient (Wildman–Crippen LogP) is 2.13. The van der Waals surface area contributed by atoms with Crippen LogP contribution < -0.4 is 10.6 Å². The van der Waals surface area contributed by atoms with Crippen molar-refractivity contribution < 1.29 is 18.4 Å². The Morgan fingerprint density at radius 1 is 1.20 bits per heavy atom. The van der Waals surface area contributed by atoms with E-state index < -0.39 is 11.6 Å². The summed E-state index contributed by atoms with van der Waals surface area (Å²) in [5, 5.41) is 5.56. The average molecular weight is 349 g/mol. The SMILES string of the molecule is C[C@@H]1C[C@@H]1N1C[C@H](NC(=O)N[C@H]2C[C@H]2c2c(F)cccc2F)CC1=O. The van der Waals surface area contributed by atoms with E-state index in [0.717, 1.165) is 6.42 Å². The first-order chi connectivity index (χ1) is 11.9. The normalized spacial score (nSPS) is 33.3. The fourth-order valence-corrected chi connectivity index (χ4v) is 3.82. The molecular formula is C18H21F2N3O2. The van der Waals surface area contributed by atoms with Crippen LogP contribution in [0.1, 0.15) is 37.7 Å². The van der Waals surface area contributed by atoms with Gasteiger partial charge in [0.2, 0.25) is 5.91 Å². The van der Waals surface area contributed by atoms with Crippen LogP contribution >= 0.6 is 0 Å². The first-order valence-electron chi connectivity index (χ1n) is 8.74. The van der Waals surface area contributed by atoms with Gasteiger partial charge in [-0.15, -0.1) is 0 Å². The van der Waals surface area contributed by atoms with Crippen molar-refractivity contribution in [3.8, 4) is 0 Å². The molecule has 1 aromatic rings. The number of amides is 3. The Labute approximate surface area is 144 Å². The molecule has 7 heteroatoms. The third-order valence-electron chi connectivity index (χ3n) is 5.44. The average Bonchev–Trinajstić information content (AvgIpc) is 3.41. The van der Waals surface area contributed by atoms with E-state index in [9.17, 15) is 18.4 Å². The smallest absolute Gasteiger partial charge is 0.315 e.